The summed E-state index contributed by atoms with van der Waals surface area (Å²) in [6.45, 7) is 3.90. The molecule has 0 fully saturated rings. The van der Waals surface area contributed by atoms with Crippen molar-refractivity contribution < 1.29 is 4.79 Å². The monoisotopic (exact) mass is 255 g/mol. The Bertz CT molecular complexity index is 616. The van der Waals surface area contributed by atoms with Gasteiger partial charge in [-0.2, -0.15) is 5.10 Å². The highest BCUT2D eigenvalue weighted by Crippen LogP contribution is 2.24. The summed E-state index contributed by atoms with van der Waals surface area (Å²) in [6, 6.07) is 5.87. The van der Waals surface area contributed by atoms with Crippen molar-refractivity contribution in [2.75, 3.05) is 11.9 Å². The van der Waals surface area contributed by atoms with Crippen molar-refractivity contribution in [1.29, 1.82) is 0 Å². The molecule has 0 spiro atoms. The van der Waals surface area contributed by atoms with Gasteiger partial charge < -0.3 is 5.32 Å². The number of anilines is 1. The molecule has 4 heteroatoms. The molecular formula is C15H17N3O. The fourth-order valence-corrected chi connectivity index (χ4v) is 2.44. The normalized spacial score (nSPS) is 13.1. The lowest BCUT2D eigenvalue weighted by molar-refractivity contribution is 0.103. The maximum atomic E-state index is 12.4. The van der Waals surface area contributed by atoms with Crippen LogP contribution >= 0.6 is 0 Å². The first-order chi connectivity index (χ1) is 9.28. The fraction of sp³-hybridized carbons (Fsp3) is 0.333. The van der Waals surface area contributed by atoms with Gasteiger partial charge in [-0.25, -0.2) is 0 Å². The third kappa shape index (κ3) is 2.26. The molecule has 2 aromatic rings. The molecule has 98 valence electrons. The second-order valence-corrected chi connectivity index (χ2v) is 4.87. The van der Waals surface area contributed by atoms with Gasteiger partial charge in [0.25, 0.3) is 0 Å². The Morgan fingerprint density at radius 3 is 3.16 bits per heavy atom. The lowest BCUT2D eigenvalue weighted by Gasteiger charge is -2.02. The Labute approximate surface area is 112 Å². The molecule has 1 N–H and O–H groups in total. The number of carbonyl (C=O) groups excluding carboxylic acids is 1. The van der Waals surface area contributed by atoms with E-state index in [0.717, 1.165) is 37.2 Å². The predicted octanol–water partition coefficient (Wildman–Crippen LogP) is 2.49. The van der Waals surface area contributed by atoms with Crippen molar-refractivity contribution in [3.05, 3.63) is 47.3 Å². The molecule has 0 saturated heterocycles. The summed E-state index contributed by atoms with van der Waals surface area (Å²) in [5.74, 6) is 0.0528. The molecule has 1 aliphatic rings. The zero-order valence-corrected chi connectivity index (χ0v) is 11.0. The van der Waals surface area contributed by atoms with Crippen LogP contribution in [0.1, 0.15) is 34.8 Å². The lowest BCUT2D eigenvalue weighted by atomic mass is 10.0. The molecule has 0 unspecified atom stereocenters. The standard InChI is InChI=1S/C15H17N3O/c1-2-7-18-10-13(9-17-18)15(19)12-3-4-14-11(8-12)5-6-16-14/h3-4,8-10,16H,2,5-7H2,1H3. The van der Waals surface area contributed by atoms with Crippen LogP contribution < -0.4 is 5.32 Å². The van der Waals surface area contributed by atoms with Gasteiger partial charge in [0.15, 0.2) is 5.78 Å². The molecule has 0 amide bonds. The van der Waals surface area contributed by atoms with E-state index in [0.29, 0.717) is 5.56 Å². The Kier molecular flexibility index (Phi) is 3.07. The summed E-state index contributed by atoms with van der Waals surface area (Å²) in [7, 11) is 0. The molecule has 0 aliphatic carbocycles. The molecule has 1 aliphatic heterocycles. The Hall–Kier alpha value is -2.10. The van der Waals surface area contributed by atoms with Crippen molar-refractivity contribution in [3.8, 4) is 0 Å². The van der Waals surface area contributed by atoms with Crippen LogP contribution in [0.5, 0.6) is 0 Å². The van der Waals surface area contributed by atoms with Crippen LogP contribution in [-0.4, -0.2) is 22.1 Å². The Morgan fingerprint density at radius 2 is 2.32 bits per heavy atom. The number of hydrogen-bond acceptors (Lipinski definition) is 3. The summed E-state index contributed by atoms with van der Waals surface area (Å²) in [6.07, 6.45) is 5.49. The van der Waals surface area contributed by atoms with E-state index in [1.54, 1.807) is 6.20 Å². The molecule has 3 rings (SSSR count). The number of aryl methyl sites for hydroxylation is 1. The van der Waals surface area contributed by atoms with Gasteiger partial charge >= 0.3 is 0 Å². The molecule has 4 nitrogen and oxygen atoms in total. The maximum Gasteiger partial charge on any atom is 0.196 e. The Morgan fingerprint density at radius 1 is 1.42 bits per heavy atom. The minimum absolute atomic E-state index is 0.0528. The van der Waals surface area contributed by atoms with Crippen LogP contribution in [0.4, 0.5) is 5.69 Å². The smallest absolute Gasteiger partial charge is 0.196 e. The second kappa shape index (κ2) is 4.88. The van der Waals surface area contributed by atoms with Crippen LogP contribution in [0.2, 0.25) is 0 Å². The average molecular weight is 255 g/mol. The number of nitrogens with zero attached hydrogens (tertiary/aromatic N) is 2. The highest BCUT2D eigenvalue weighted by atomic mass is 16.1. The first kappa shape index (κ1) is 12.0. The topological polar surface area (TPSA) is 46.9 Å². The molecule has 0 saturated carbocycles. The van der Waals surface area contributed by atoms with Crippen LogP contribution in [0.15, 0.2) is 30.6 Å². The highest BCUT2D eigenvalue weighted by molar-refractivity contribution is 6.09. The Balaban J connectivity index is 1.86. The van der Waals surface area contributed by atoms with Crippen molar-refractivity contribution in [1.82, 2.24) is 9.78 Å². The highest BCUT2D eigenvalue weighted by Gasteiger charge is 2.15. The van der Waals surface area contributed by atoms with Gasteiger partial charge in [0.2, 0.25) is 0 Å². The number of benzene rings is 1. The molecule has 19 heavy (non-hydrogen) atoms. The zero-order chi connectivity index (χ0) is 13.2. The van der Waals surface area contributed by atoms with E-state index in [2.05, 4.69) is 17.3 Å². The molecule has 0 radical (unpaired) electrons. The zero-order valence-electron chi connectivity index (χ0n) is 11.0. The fourth-order valence-electron chi connectivity index (χ4n) is 2.44. The van der Waals surface area contributed by atoms with Crippen molar-refractivity contribution >= 4 is 11.5 Å². The lowest BCUT2D eigenvalue weighted by Crippen LogP contribution is -2.01. The first-order valence-electron chi connectivity index (χ1n) is 6.72. The minimum Gasteiger partial charge on any atom is -0.384 e. The number of nitrogens with one attached hydrogen (secondary N) is 1. The molecule has 2 heterocycles. The summed E-state index contributed by atoms with van der Waals surface area (Å²) in [5.41, 5.74) is 3.79. The van der Waals surface area contributed by atoms with E-state index in [9.17, 15) is 4.79 Å². The molecular weight excluding hydrogens is 238 g/mol. The van der Waals surface area contributed by atoms with E-state index >= 15 is 0 Å². The van der Waals surface area contributed by atoms with E-state index < -0.39 is 0 Å². The van der Waals surface area contributed by atoms with Gasteiger partial charge in [-0.05, 0) is 36.6 Å². The average Bonchev–Trinajstić information content (AvgIpc) is 3.05. The molecule has 1 aromatic carbocycles. The summed E-state index contributed by atoms with van der Waals surface area (Å²) < 4.78 is 1.82. The number of ketones is 1. The summed E-state index contributed by atoms with van der Waals surface area (Å²) in [4.78, 5) is 12.4. The summed E-state index contributed by atoms with van der Waals surface area (Å²) >= 11 is 0. The third-order valence-electron chi connectivity index (χ3n) is 3.43. The van der Waals surface area contributed by atoms with E-state index in [1.807, 2.05) is 29.1 Å². The van der Waals surface area contributed by atoms with Gasteiger partial charge in [0.1, 0.15) is 0 Å². The van der Waals surface area contributed by atoms with Gasteiger partial charge in [0, 0.05) is 30.5 Å². The SMILES string of the molecule is CCCn1cc(C(=O)c2ccc3c(c2)CCN3)cn1. The van der Waals surface area contributed by atoms with Gasteiger partial charge in [0.05, 0.1) is 11.8 Å². The van der Waals surface area contributed by atoms with E-state index in [4.69, 9.17) is 0 Å². The number of aromatic nitrogens is 2. The van der Waals surface area contributed by atoms with Crippen LogP contribution in [0.25, 0.3) is 0 Å². The van der Waals surface area contributed by atoms with Crippen LogP contribution in [0, 0.1) is 0 Å². The van der Waals surface area contributed by atoms with Crippen molar-refractivity contribution in [2.45, 2.75) is 26.3 Å². The second-order valence-electron chi connectivity index (χ2n) is 4.87. The van der Waals surface area contributed by atoms with E-state index in [-0.39, 0.29) is 5.78 Å². The predicted molar refractivity (Wildman–Crippen MR) is 74.6 cm³/mol. The van der Waals surface area contributed by atoms with Crippen molar-refractivity contribution in [3.63, 3.8) is 0 Å². The first-order valence-corrected chi connectivity index (χ1v) is 6.72. The quantitative estimate of drug-likeness (QED) is 0.854. The maximum absolute atomic E-state index is 12.4. The number of hydrogen-bond donors (Lipinski definition) is 1. The van der Waals surface area contributed by atoms with Crippen LogP contribution in [0.3, 0.4) is 0 Å². The molecule has 0 atom stereocenters. The molecule has 0 bridgehead atoms. The number of rotatable bonds is 4. The van der Waals surface area contributed by atoms with Crippen LogP contribution in [-0.2, 0) is 13.0 Å². The van der Waals surface area contributed by atoms with Gasteiger partial charge in [-0.3, -0.25) is 9.48 Å². The van der Waals surface area contributed by atoms with Crippen molar-refractivity contribution in [2.24, 2.45) is 0 Å². The summed E-state index contributed by atoms with van der Waals surface area (Å²) in [5, 5.41) is 7.51. The van der Waals surface area contributed by atoms with E-state index in [1.165, 1.54) is 5.56 Å². The van der Waals surface area contributed by atoms with Gasteiger partial charge in [-0.1, -0.05) is 6.92 Å². The minimum atomic E-state index is 0.0528. The van der Waals surface area contributed by atoms with Gasteiger partial charge in [-0.15, -0.1) is 0 Å². The largest absolute Gasteiger partial charge is 0.384 e. The molecule has 1 aromatic heterocycles. The number of fused-ring (bicyclic) bond motifs is 1. The number of carbonyl (C=O) groups is 1. The third-order valence-corrected chi connectivity index (χ3v) is 3.43.